The summed E-state index contributed by atoms with van der Waals surface area (Å²) >= 11 is 7.37. The second kappa shape index (κ2) is 6.62. The molecule has 1 saturated heterocycles. The smallest absolute Gasteiger partial charge is 0.260 e. The number of rotatable bonds is 3. The van der Waals surface area contributed by atoms with Gasteiger partial charge in [0.15, 0.2) is 5.82 Å². The Kier molecular flexibility index (Phi) is 4.81. The van der Waals surface area contributed by atoms with Gasteiger partial charge in [0, 0.05) is 26.9 Å². The van der Waals surface area contributed by atoms with E-state index in [4.69, 9.17) is 10.3 Å². The van der Waals surface area contributed by atoms with Crippen LogP contribution in [0.2, 0.25) is 0 Å². The Morgan fingerprint density at radius 2 is 2.19 bits per heavy atom. The normalized spacial score (nSPS) is 22.4. The van der Waals surface area contributed by atoms with Crippen molar-refractivity contribution in [1.82, 2.24) is 10.1 Å². The van der Waals surface area contributed by atoms with Gasteiger partial charge in [-0.05, 0) is 24.6 Å². The lowest BCUT2D eigenvalue weighted by Crippen LogP contribution is -2.19. The highest BCUT2D eigenvalue weighted by atomic mass is 79.9. The molecule has 21 heavy (non-hydrogen) atoms. The van der Waals surface area contributed by atoms with Crippen LogP contribution in [-0.4, -0.2) is 26.9 Å². The molecule has 2 heterocycles. The first-order valence-electron chi connectivity index (χ1n) is 6.81. The molecule has 1 aliphatic heterocycles. The highest BCUT2D eigenvalue weighted by Crippen LogP contribution is 2.43. The Balaban J connectivity index is 1.90. The number of halogens is 1. The predicted octanol–water partition coefficient (Wildman–Crippen LogP) is 4.38. The van der Waals surface area contributed by atoms with Crippen molar-refractivity contribution in [3.8, 4) is 11.5 Å². The van der Waals surface area contributed by atoms with Gasteiger partial charge in [-0.1, -0.05) is 28.0 Å². The minimum atomic E-state index is 0.305. The molecule has 112 valence electrons. The van der Waals surface area contributed by atoms with Crippen molar-refractivity contribution >= 4 is 45.1 Å². The number of hydrogen-bond donors (Lipinski definition) is 1. The number of benzene rings is 1. The largest absolute Gasteiger partial charge is 0.398 e. The summed E-state index contributed by atoms with van der Waals surface area (Å²) in [6, 6.07) is 5.65. The zero-order valence-electron chi connectivity index (χ0n) is 11.6. The van der Waals surface area contributed by atoms with Crippen molar-refractivity contribution < 1.29 is 4.52 Å². The molecule has 4 nitrogen and oxygen atoms in total. The van der Waals surface area contributed by atoms with Crippen LogP contribution >= 0.6 is 39.5 Å². The molecule has 2 unspecified atom stereocenters. The zero-order valence-corrected chi connectivity index (χ0v) is 14.8. The van der Waals surface area contributed by atoms with Gasteiger partial charge < -0.3 is 10.3 Å². The number of nitrogens with two attached hydrogens (primary N) is 1. The average molecular weight is 386 g/mol. The molecule has 1 aromatic heterocycles. The molecule has 3 rings (SSSR count). The minimum Gasteiger partial charge on any atom is -0.398 e. The van der Waals surface area contributed by atoms with E-state index in [1.165, 1.54) is 5.75 Å². The first-order chi connectivity index (χ1) is 10.2. The fourth-order valence-corrected chi connectivity index (χ4v) is 5.66. The van der Waals surface area contributed by atoms with E-state index in [9.17, 15) is 0 Å². The molecule has 0 bridgehead atoms. The first kappa shape index (κ1) is 15.2. The lowest BCUT2D eigenvalue weighted by molar-refractivity contribution is 0.421. The van der Waals surface area contributed by atoms with Crippen LogP contribution in [0.15, 0.2) is 27.2 Å². The van der Waals surface area contributed by atoms with Crippen LogP contribution < -0.4 is 5.73 Å². The first-order valence-corrected chi connectivity index (χ1v) is 9.70. The summed E-state index contributed by atoms with van der Waals surface area (Å²) in [6.45, 7) is 2.21. The van der Waals surface area contributed by atoms with Gasteiger partial charge in [0.05, 0.1) is 10.8 Å². The molecule has 0 amide bonds. The van der Waals surface area contributed by atoms with Crippen molar-refractivity contribution in [3.63, 3.8) is 0 Å². The second-order valence-electron chi connectivity index (χ2n) is 4.80. The summed E-state index contributed by atoms with van der Waals surface area (Å²) in [5.74, 6) is 3.61. The van der Waals surface area contributed by atoms with Gasteiger partial charge >= 0.3 is 0 Å². The summed E-state index contributed by atoms with van der Waals surface area (Å²) in [5.41, 5.74) is 7.43. The Hall–Kier alpha value is -0.660. The molecule has 7 heteroatoms. The number of nitrogens with zero attached hydrogens (tertiary/aromatic N) is 2. The van der Waals surface area contributed by atoms with E-state index in [-0.39, 0.29) is 0 Å². The van der Waals surface area contributed by atoms with Crippen molar-refractivity contribution in [3.05, 3.63) is 28.5 Å². The molecule has 0 radical (unpaired) electrons. The standard InChI is InChI=1S/C14H16BrN3OS2/c1-2-11-12(21-6-5-20-11)13-17-14(19-18-13)9-7-8(15)3-4-10(9)16/h3-4,7,11-12H,2,5-6,16H2,1H3. The Morgan fingerprint density at radius 3 is 3.00 bits per heavy atom. The molecular weight excluding hydrogens is 370 g/mol. The van der Waals surface area contributed by atoms with Gasteiger partial charge in [-0.15, -0.1) is 11.8 Å². The topological polar surface area (TPSA) is 64.9 Å². The molecular formula is C14H16BrN3OS2. The van der Waals surface area contributed by atoms with Crippen molar-refractivity contribution in [2.45, 2.75) is 23.8 Å². The molecule has 2 N–H and O–H groups in total. The highest BCUT2D eigenvalue weighted by Gasteiger charge is 2.30. The van der Waals surface area contributed by atoms with E-state index in [0.717, 1.165) is 28.0 Å². The summed E-state index contributed by atoms with van der Waals surface area (Å²) < 4.78 is 6.39. The third-order valence-corrected chi connectivity index (χ3v) is 7.13. The molecule has 2 atom stereocenters. The van der Waals surface area contributed by atoms with E-state index >= 15 is 0 Å². The maximum Gasteiger partial charge on any atom is 0.260 e. The van der Waals surface area contributed by atoms with Gasteiger partial charge in [-0.3, -0.25) is 0 Å². The lowest BCUT2D eigenvalue weighted by Gasteiger charge is -2.27. The molecule has 2 aromatic rings. The van der Waals surface area contributed by atoms with Crippen LogP contribution in [-0.2, 0) is 0 Å². The Bertz CT molecular complexity index is 634. The maximum atomic E-state index is 6.00. The van der Waals surface area contributed by atoms with Crippen molar-refractivity contribution in [1.29, 1.82) is 0 Å². The van der Waals surface area contributed by atoms with E-state index in [1.807, 2.05) is 41.7 Å². The third kappa shape index (κ3) is 3.24. The Morgan fingerprint density at radius 1 is 1.38 bits per heavy atom. The molecule has 0 saturated carbocycles. The monoisotopic (exact) mass is 385 g/mol. The van der Waals surface area contributed by atoms with Gasteiger partial charge in [-0.25, -0.2) is 0 Å². The van der Waals surface area contributed by atoms with E-state index < -0.39 is 0 Å². The van der Waals surface area contributed by atoms with Crippen LogP contribution in [0.1, 0.15) is 24.4 Å². The molecule has 0 spiro atoms. The third-order valence-electron chi connectivity index (χ3n) is 3.39. The van der Waals surface area contributed by atoms with Crippen LogP contribution in [0.4, 0.5) is 5.69 Å². The van der Waals surface area contributed by atoms with E-state index in [1.54, 1.807) is 0 Å². The summed E-state index contributed by atoms with van der Waals surface area (Å²) in [7, 11) is 0. The highest BCUT2D eigenvalue weighted by molar-refractivity contribution is 9.10. The van der Waals surface area contributed by atoms with E-state index in [0.29, 0.717) is 22.1 Å². The lowest BCUT2D eigenvalue weighted by atomic mass is 10.2. The fraction of sp³-hybridized carbons (Fsp3) is 0.429. The Labute approximate surface area is 140 Å². The number of nitrogen functional groups attached to an aromatic ring is 1. The van der Waals surface area contributed by atoms with Crippen LogP contribution in [0.5, 0.6) is 0 Å². The number of thioether (sulfide) groups is 2. The van der Waals surface area contributed by atoms with Crippen molar-refractivity contribution in [2.24, 2.45) is 0 Å². The minimum absolute atomic E-state index is 0.305. The van der Waals surface area contributed by atoms with Crippen LogP contribution in [0, 0.1) is 0 Å². The van der Waals surface area contributed by atoms with Crippen molar-refractivity contribution in [2.75, 3.05) is 17.2 Å². The van der Waals surface area contributed by atoms with Gasteiger partial charge in [0.2, 0.25) is 0 Å². The van der Waals surface area contributed by atoms with Crippen LogP contribution in [0.3, 0.4) is 0 Å². The van der Waals surface area contributed by atoms with E-state index in [2.05, 4.69) is 33.0 Å². The average Bonchev–Trinajstić information content (AvgIpc) is 2.99. The van der Waals surface area contributed by atoms with Gasteiger partial charge in [-0.2, -0.15) is 16.7 Å². The summed E-state index contributed by atoms with van der Waals surface area (Å²) in [5, 5.41) is 5.05. The molecule has 0 aliphatic carbocycles. The quantitative estimate of drug-likeness (QED) is 0.790. The number of hydrogen-bond acceptors (Lipinski definition) is 6. The summed E-state index contributed by atoms with van der Waals surface area (Å²) in [6.07, 6.45) is 1.12. The fourth-order valence-electron chi connectivity index (χ4n) is 2.32. The SMILES string of the molecule is CCC1SCCSC1c1noc(-c2cc(Br)ccc2N)n1. The summed E-state index contributed by atoms with van der Waals surface area (Å²) in [4.78, 5) is 4.59. The molecule has 1 aromatic carbocycles. The predicted molar refractivity (Wildman–Crippen MR) is 93.6 cm³/mol. The zero-order chi connectivity index (χ0) is 14.8. The second-order valence-corrected chi connectivity index (χ2v) is 8.31. The maximum absolute atomic E-state index is 6.00. The van der Waals surface area contributed by atoms with Gasteiger partial charge in [0.25, 0.3) is 5.89 Å². The van der Waals surface area contributed by atoms with Crippen LogP contribution in [0.25, 0.3) is 11.5 Å². The molecule has 1 fully saturated rings. The van der Waals surface area contributed by atoms with Gasteiger partial charge in [0.1, 0.15) is 0 Å². The number of aromatic nitrogens is 2. The molecule has 1 aliphatic rings. The number of anilines is 1.